The average molecular weight is 519 g/mol. The Balaban J connectivity index is 1.63. The van der Waals surface area contributed by atoms with Gasteiger partial charge in [-0.25, -0.2) is 8.42 Å². The number of nitrogens with one attached hydrogen (secondary N) is 1. The molecule has 0 fully saturated rings. The minimum absolute atomic E-state index is 0.120. The summed E-state index contributed by atoms with van der Waals surface area (Å²) < 4.78 is 67.1. The van der Waals surface area contributed by atoms with Crippen LogP contribution in [0.1, 0.15) is 5.56 Å². The number of hydrogen-bond donors (Lipinski definition) is 1. The van der Waals surface area contributed by atoms with E-state index in [0.717, 1.165) is 29.0 Å². The molecule has 180 valence electrons. The second-order valence-corrected chi connectivity index (χ2v) is 10.0. The fourth-order valence-corrected chi connectivity index (χ4v) is 5.33. The molecule has 0 aliphatic carbocycles. The lowest BCUT2D eigenvalue weighted by atomic mass is 10.2. The first-order chi connectivity index (χ1) is 16.6. The fourth-order valence-electron chi connectivity index (χ4n) is 3.13. The predicted octanol–water partition coefficient (Wildman–Crippen LogP) is 5.06. The second kappa shape index (κ2) is 9.84. The lowest BCUT2D eigenvalue weighted by Gasteiger charge is -2.24. The van der Waals surface area contributed by atoms with Gasteiger partial charge in [-0.3, -0.25) is 14.4 Å². The zero-order chi connectivity index (χ0) is 25.1. The van der Waals surface area contributed by atoms with Gasteiger partial charge in [0.15, 0.2) is 0 Å². The van der Waals surface area contributed by atoms with Gasteiger partial charge in [0.2, 0.25) is 11.0 Å². The number of amides is 1. The van der Waals surface area contributed by atoms with Crippen molar-refractivity contribution in [3.8, 4) is 10.6 Å². The summed E-state index contributed by atoms with van der Waals surface area (Å²) in [5.74, 6) is -0.794. The Morgan fingerprint density at radius 2 is 1.57 bits per heavy atom. The van der Waals surface area contributed by atoms with Crippen LogP contribution in [0.15, 0.2) is 89.8 Å². The van der Waals surface area contributed by atoms with E-state index in [2.05, 4.69) is 15.5 Å². The van der Waals surface area contributed by atoms with E-state index in [9.17, 15) is 26.4 Å². The molecule has 0 aliphatic rings. The molecule has 4 aromatic rings. The Hall–Kier alpha value is -3.77. The van der Waals surface area contributed by atoms with Crippen molar-refractivity contribution < 1.29 is 26.4 Å². The van der Waals surface area contributed by atoms with Crippen molar-refractivity contribution in [1.82, 2.24) is 10.2 Å². The molecule has 0 spiro atoms. The summed E-state index contributed by atoms with van der Waals surface area (Å²) in [4.78, 5) is 12.6. The quantitative estimate of drug-likeness (QED) is 0.369. The van der Waals surface area contributed by atoms with Gasteiger partial charge in [0.1, 0.15) is 11.6 Å². The number of halogens is 3. The van der Waals surface area contributed by atoms with Crippen LogP contribution in [0.2, 0.25) is 0 Å². The molecule has 0 saturated heterocycles. The molecule has 0 radical (unpaired) electrons. The van der Waals surface area contributed by atoms with Gasteiger partial charge in [-0.2, -0.15) is 13.2 Å². The number of rotatable bonds is 7. The molecular formula is C23H17F3N4O3S2. The van der Waals surface area contributed by atoms with Crippen molar-refractivity contribution in [3.63, 3.8) is 0 Å². The normalized spacial score (nSPS) is 11.7. The lowest BCUT2D eigenvalue weighted by Crippen LogP contribution is -2.38. The maximum Gasteiger partial charge on any atom is 0.416 e. The molecule has 0 aliphatic heterocycles. The Morgan fingerprint density at radius 1 is 0.914 bits per heavy atom. The van der Waals surface area contributed by atoms with Crippen LogP contribution >= 0.6 is 11.3 Å². The van der Waals surface area contributed by atoms with Crippen LogP contribution in [0.3, 0.4) is 0 Å². The highest BCUT2D eigenvalue weighted by Crippen LogP contribution is 2.33. The third kappa shape index (κ3) is 5.66. The fraction of sp³-hybridized carbons (Fsp3) is 0.0870. The van der Waals surface area contributed by atoms with Crippen molar-refractivity contribution >= 4 is 38.1 Å². The van der Waals surface area contributed by atoms with Gasteiger partial charge in [0.05, 0.1) is 16.1 Å². The van der Waals surface area contributed by atoms with Crippen molar-refractivity contribution in [3.05, 3.63) is 90.5 Å². The number of benzene rings is 3. The van der Waals surface area contributed by atoms with E-state index < -0.39 is 34.2 Å². The van der Waals surface area contributed by atoms with Crippen LogP contribution in [0.25, 0.3) is 10.6 Å². The number of anilines is 2. The van der Waals surface area contributed by atoms with Crippen LogP contribution in [0, 0.1) is 0 Å². The number of hydrogen-bond acceptors (Lipinski definition) is 6. The molecule has 1 amide bonds. The molecule has 3 aromatic carbocycles. The Morgan fingerprint density at radius 3 is 2.23 bits per heavy atom. The molecule has 35 heavy (non-hydrogen) atoms. The average Bonchev–Trinajstić information content (AvgIpc) is 3.31. The van der Waals surface area contributed by atoms with E-state index >= 15 is 0 Å². The van der Waals surface area contributed by atoms with Crippen LogP contribution in [0.5, 0.6) is 0 Å². The zero-order valence-corrected chi connectivity index (χ0v) is 19.4. The van der Waals surface area contributed by atoms with Gasteiger partial charge in [0.25, 0.3) is 10.0 Å². The summed E-state index contributed by atoms with van der Waals surface area (Å²) in [6.45, 7) is -0.779. The topological polar surface area (TPSA) is 92.3 Å². The summed E-state index contributed by atoms with van der Waals surface area (Å²) in [5, 5.41) is 11.0. The summed E-state index contributed by atoms with van der Waals surface area (Å²) in [7, 11) is -4.37. The summed E-state index contributed by atoms with van der Waals surface area (Å²) in [6.07, 6.45) is -4.69. The molecule has 4 rings (SSSR count). The van der Waals surface area contributed by atoms with E-state index in [1.807, 2.05) is 30.3 Å². The monoisotopic (exact) mass is 518 g/mol. The Bertz CT molecular complexity index is 1430. The number of nitrogens with zero attached hydrogens (tertiary/aromatic N) is 3. The van der Waals surface area contributed by atoms with Gasteiger partial charge < -0.3 is 0 Å². The Kier molecular flexibility index (Phi) is 6.85. The van der Waals surface area contributed by atoms with Gasteiger partial charge in [-0.05, 0) is 30.3 Å². The van der Waals surface area contributed by atoms with E-state index in [-0.39, 0.29) is 15.7 Å². The number of alkyl halides is 3. The van der Waals surface area contributed by atoms with E-state index in [4.69, 9.17) is 0 Å². The largest absolute Gasteiger partial charge is 0.416 e. The van der Waals surface area contributed by atoms with Gasteiger partial charge >= 0.3 is 6.18 Å². The first-order valence-electron chi connectivity index (χ1n) is 10.1. The Labute approximate surface area is 202 Å². The predicted molar refractivity (Wildman–Crippen MR) is 126 cm³/mol. The maximum atomic E-state index is 13.3. The number of carbonyl (C=O) groups is 1. The maximum absolute atomic E-state index is 13.3. The van der Waals surface area contributed by atoms with E-state index in [1.165, 1.54) is 30.3 Å². The summed E-state index contributed by atoms with van der Waals surface area (Å²) >= 11 is 1.08. The highest BCUT2D eigenvalue weighted by Gasteiger charge is 2.33. The molecule has 0 bridgehead atoms. The molecule has 0 saturated carbocycles. The van der Waals surface area contributed by atoms with Gasteiger partial charge in [-0.15, -0.1) is 10.2 Å². The first-order valence-corrected chi connectivity index (χ1v) is 12.3. The smallest absolute Gasteiger partial charge is 0.299 e. The molecular weight excluding hydrogens is 501 g/mol. The molecule has 1 heterocycles. The third-order valence-electron chi connectivity index (χ3n) is 4.77. The molecule has 1 aromatic heterocycles. The van der Waals surface area contributed by atoms with Crippen molar-refractivity contribution in [2.75, 3.05) is 16.2 Å². The minimum atomic E-state index is -4.69. The van der Waals surface area contributed by atoms with Crippen molar-refractivity contribution in [1.29, 1.82) is 0 Å². The van der Waals surface area contributed by atoms with Crippen molar-refractivity contribution in [2.24, 2.45) is 0 Å². The third-order valence-corrected chi connectivity index (χ3v) is 7.45. The zero-order valence-electron chi connectivity index (χ0n) is 17.8. The highest BCUT2D eigenvalue weighted by molar-refractivity contribution is 7.92. The van der Waals surface area contributed by atoms with Crippen LogP contribution < -0.4 is 9.62 Å². The van der Waals surface area contributed by atoms with Crippen LogP contribution in [0.4, 0.5) is 24.0 Å². The molecule has 0 unspecified atom stereocenters. The van der Waals surface area contributed by atoms with Crippen molar-refractivity contribution in [2.45, 2.75) is 11.1 Å². The molecule has 7 nitrogen and oxygen atoms in total. The molecule has 1 N–H and O–H groups in total. The minimum Gasteiger partial charge on any atom is -0.299 e. The van der Waals surface area contributed by atoms with Gasteiger partial charge in [-0.1, -0.05) is 65.9 Å². The SMILES string of the molecule is O=C(CN(c1cccc(C(F)(F)F)c1)S(=O)(=O)c1ccccc1)Nc1nnc(-c2ccccc2)s1. The second-order valence-electron chi connectivity index (χ2n) is 7.20. The molecule has 0 atom stereocenters. The summed E-state index contributed by atoms with van der Waals surface area (Å²) in [6, 6.07) is 20.0. The van der Waals surface area contributed by atoms with Gasteiger partial charge in [0, 0.05) is 5.56 Å². The number of aromatic nitrogens is 2. The summed E-state index contributed by atoms with van der Waals surface area (Å²) in [5.41, 5.74) is -0.566. The highest BCUT2D eigenvalue weighted by atomic mass is 32.2. The molecule has 12 heteroatoms. The van der Waals surface area contributed by atoms with E-state index in [0.29, 0.717) is 15.4 Å². The first kappa shape index (κ1) is 24.4. The number of sulfonamides is 1. The standard InChI is InChI=1S/C23H17F3N4O3S2/c24-23(25,26)17-10-7-11-18(14-17)30(35(32,33)19-12-5-2-6-13-19)15-20(31)27-22-29-28-21(34-22)16-8-3-1-4-9-16/h1-14H,15H2,(H,27,29,31). The van der Waals surface area contributed by atoms with E-state index in [1.54, 1.807) is 6.07 Å². The van der Waals surface area contributed by atoms with Crippen LogP contribution in [-0.2, 0) is 21.0 Å². The number of carbonyl (C=O) groups excluding carboxylic acids is 1. The lowest BCUT2D eigenvalue weighted by molar-refractivity contribution is -0.137. The van der Waals surface area contributed by atoms with Crippen LogP contribution in [-0.4, -0.2) is 31.1 Å².